The lowest BCUT2D eigenvalue weighted by Gasteiger charge is -2.36. The van der Waals surface area contributed by atoms with Gasteiger partial charge in [0.2, 0.25) is 0 Å². The molecule has 1 aliphatic heterocycles. The molecule has 1 N–H and O–H groups in total. The average molecular weight is 248 g/mol. The number of carboxylic acid groups (broad SMARTS) is 1. The SMILES string of the molecule is CCC(c1cccnc1)N1CCC(C(=O)O)CC1. The smallest absolute Gasteiger partial charge is 0.306 e. The van der Waals surface area contributed by atoms with Crippen molar-refractivity contribution in [1.82, 2.24) is 9.88 Å². The lowest BCUT2D eigenvalue weighted by Crippen LogP contribution is -2.38. The van der Waals surface area contributed by atoms with Gasteiger partial charge in [-0.15, -0.1) is 0 Å². The number of carboxylic acids is 1. The Labute approximate surface area is 108 Å². The molecule has 4 nitrogen and oxygen atoms in total. The molecule has 1 aromatic rings. The van der Waals surface area contributed by atoms with Gasteiger partial charge in [-0.05, 0) is 44.0 Å². The first-order valence-electron chi connectivity index (χ1n) is 6.59. The normalized spacial score (nSPS) is 19.6. The van der Waals surface area contributed by atoms with Crippen LogP contribution in [0.3, 0.4) is 0 Å². The Hall–Kier alpha value is -1.42. The van der Waals surface area contributed by atoms with Crippen LogP contribution in [-0.4, -0.2) is 34.0 Å². The Kier molecular flexibility index (Phi) is 4.31. The van der Waals surface area contributed by atoms with Gasteiger partial charge in [0.05, 0.1) is 5.92 Å². The largest absolute Gasteiger partial charge is 0.481 e. The van der Waals surface area contributed by atoms with E-state index < -0.39 is 5.97 Å². The highest BCUT2D eigenvalue weighted by molar-refractivity contribution is 5.70. The second-order valence-corrected chi connectivity index (χ2v) is 4.86. The molecule has 2 heterocycles. The van der Waals surface area contributed by atoms with E-state index in [-0.39, 0.29) is 5.92 Å². The fourth-order valence-corrected chi connectivity index (χ4v) is 2.74. The van der Waals surface area contributed by atoms with E-state index >= 15 is 0 Å². The molecule has 98 valence electrons. The summed E-state index contributed by atoms with van der Waals surface area (Å²) < 4.78 is 0. The number of hydrogen-bond acceptors (Lipinski definition) is 3. The molecule has 0 spiro atoms. The maximum atomic E-state index is 10.9. The Morgan fingerprint density at radius 3 is 2.78 bits per heavy atom. The first-order chi connectivity index (χ1) is 8.72. The second kappa shape index (κ2) is 5.96. The summed E-state index contributed by atoms with van der Waals surface area (Å²) in [5.41, 5.74) is 1.23. The van der Waals surface area contributed by atoms with E-state index in [0.717, 1.165) is 32.4 Å². The second-order valence-electron chi connectivity index (χ2n) is 4.86. The van der Waals surface area contributed by atoms with Gasteiger partial charge < -0.3 is 5.11 Å². The highest BCUT2D eigenvalue weighted by Crippen LogP contribution is 2.28. The molecule has 2 rings (SSSR count). The third-order valence-electron chi connectivity index (χ3n) is 3.78. The quantitative estimate of drug-likeness (QED) is 0.888. The third kappa shape index (κ3) is 2.88. The van der Waals surface area contributed by atoms with Gasteiger partial charge in [0.25, 0.3) is 0 Å². The minimum atomic E-state index is -0.649. The molecular formula is C14H20N2O2. The summed E-state index contributed by atoms with van der Waals surface area (Å²) in [6.45, 7) is 3.90. The summed E-state index contributed by atoms with van der Waals surface area (Å²) in [4.78, 5) is 17.5. The van der Waals surface area contributed by atoms with Crippen LogP contribution in [0.5, 0.6) is 0 Å². The predicted molar refractivity (Wildman–Crippen MR) is 69.2 cm³/mol. The Morgan fingerprint density at radius 1 is 1.56 bits per heavy atom. The first-order valence-corrected chi connectivity index (χ1v) is 6.59. The van der Waals surface area contributed by atoms with Gasteiger partial charge in [0, 0.05) is 18.4 Å². The number of aromatic nitrogens is 1. The van der Waals surface area contributed by atoms with Crippen LogP contribution in [0, 0.1) is 5.92 Å². The average Bonchev–Trinajstić information content (AvgIpc) is 2.41. The van der Waals surface area contributed by atoms with Gasteiger partial charge in [-0.2, -0.15) is 0 Å². The van der Waals surface area contributed by atoms with Crippen LogP contribution in [0.15, 0.2) is 24.5 Å². The molecular weight excluding hydrogens is 228 g/mol. The number of pyridine rings is 1. The highest BCUT2D eigenvalue weighted by Gasteiger charge is 2.28. The number of nitrogens with zero attached hydrogens (tertiary/aromatic N) is 2. The summed E-state index contributed by atoms with van der Waals surface area (Å²) in [5, 5.41) is 9.01. The lowest BCUT2D eigenvalue weighted by atomic mass is 9.94. The van der Waals surface area contributed by atoms with E-state index in [9.17, 15) is 4.79 Å². The summed E-state index contributed by atoms with van der Waals surface area (Å²) in [7, 11) is 0. The number of likely N-dealkylation sites (tertiary alicyclic amines) is 1. The molecule has 1 unspecified atom stereocenters. The van der Waals surface area contributed by atoms with Crippen molar-refractivity contribution in [1.29, 1.82) is 0 Å². The lowest BCUT2D eigenvalue weighted by molar-refractivity contribution is -0.143. The number of aliphatic carboxylic acids is 1. The zero-order valence-corrected chi connectivity index (χ0v) is 10.7. The maximum absolute atomic E-state index is 10.9. The summed E-state index contributed by atoms with van der Waals surface area (Å²) >= 11 is 0. The topological polar surface area (TPSA) is 53.4 Å². The van der Waals surface area contributed by atoms with Crippen molar-refractivity contribution >= 4 is 5.97 Å². The molecule has 0 bridgehead atoms. The highest BCUT2D eigenvalue weighted by atomic mass is 16.4. The van der Waals surface area contributed by atoms with Crippen LogP contribution >= 0.6 is 0 Å². The fraction of sp³-hybridized carbons (Fsp3) is 0.571. The Bertz CT molecular complexity index is 386. The van der Waals surface area contributed by atoms with Gasteiger partial charge in [-0.1, -0.05) is 13.0 Å². The molecule has 18 heavy (non-hydrogen) atoms. The van der Waals surface area contributed by atoms with Crippen molar-refractivity contribution in [3.05, 3.63) is 30.1 Å². The number of rotatable bonds is 4. The van der Waals surface area contributed by atoms with Crippen molar-refractivity contribution in [3.8, 4) is 0 Å². The van der Waals surface area contributed by atoms with Crippen molar-refractivity contribution in [2.24, 2.45) is 5.92 Å². The third-order valence-corrected chi connectivity index (χ3v) is 3.78. The van der Waals surface area contributed by atoms with Crippen LogP contribution in [0.2, 0.25) is 0 Å². The Balaban J connectivity index is 2.01. The number of hydrogen-bond donors (Lipinski definition) is 1. The van der Waals surface area contributed by atoms with E-state index in [1.807, 2.05) is 12.3 Å². The molecule has 1 fully saturated rings. The van der Waals surface area contributed by atoms with Crippen molar-refractivity contribution in [3.63, 3.8) is 0 Å². The zero-order chi connectivity index (χ0) is 13.0. The van der Waals surface area contributed by atoms with E-state index in [0.29, 0.717) is 6.04 Å². The molecule has 0 aromatic carbocycles. The van der Waals surface area contributed by atoms with Crippen molar-refractivity contribution in [2.45, 2.75) is 32.2 Å². The van der Waals surface area contributed by atoms with Gasteiger partial charge in [-0.25, -0.2) is 0 Å². The standard InChI is InChI=1S/C14H20N2O2/c1-2-13(12-4-3-7-15-10-12)16-8-5-11(6-9-16)14(17)18/h3-4,7,10-11,13H,2,5-6,8-9H2,1H3,(H,17,18). The van der Waals surface area contributed by atoms with Crippen molar-refractivity contribution < 1.29 is 9.90 Å². The van der Waals surface area contributed by atoms with Gasteiger partial charge in [0.15, 0.2) is 0 Å². The summed E-state index contributed by atoms with van der Waals surface area (Å²) in [6, 6.07) is 4.43. The fourth-order valence-electron chi connectivity index (χ4n) is 2.74. The molecule has 0 aliphatic carbocycles. The molecule has 1 saturated heterocycles. The number of carbonyl (C=O) groups is 1. The molecule has 1 aliphatic rings. The van der Waals surface area contributed by atoms with Crippen LogP contribution < -0.4 is 0 Å². The molecule has 0 saturated carbocycles. The minimum absolute atomic E-state index is 0.160. The number of piperidine rings is 1. The molecule has 0 amide bonds. The van der Waals surface area contributed by atoms with E-state index in [4.69, 9.17) is 5.11 Å². The predicted octanol–water partition coefficient (Wildman–Crippen LogP) is 2.33. The van der Waals surface area contributed by atoms with Crippen LogP contribution in [0.25, 0.3) is 0 Å². The Morgan fingerprint density at radius 2 is 2.28 bits per heavy atom. The van der Waals surface area contributed by atoms with E-state index in [1.165, 1.54) is 5.56 Å². The summed E-state index contributed by atoms with van der Waals surface area (Å²) in [6.07, 6.45) is 6.24. The van der Waals surface area contributed by atoms with E-state index in [1.54, 1.807) is 6.20 Å². The van der Waals surface area contributed by atoms with Gasteiger partial charge in [0.1, 0.15) is 0 Å². The first kappa shape index (κ1) is 13.0. The molecule has 0 radical (unpaired) electrons. The molecule has 4 heteroatoms. The maximum Gasteiger partial charge on any atom is 0.306 e. The monoisotopic (exact) mass is 248 g/mol. The zero-order valence-electron chi connectivity index (χ0n) is 10.7. The van der Waals surface area contributed by atoms with Gasteiger partial charge >= 0.3 is 5.97 Å². The molecule has 1 atom stereocenters. The summed E-state index contributed by atoms with van der Waals surface area (Å²) in [5.74, 6) is -0.809. The van der Waals surface area contributed by atoms with Crippen LogP contribution in [-0.2, 0) is 4.79 Å². The van der Waals surface area contributed by atoms with E-state index in [2.05, 4.69) is 22.9 Å². The van der Waals surface area contributed by atoms with Crippen molar-refractivity contribution in [2.75, 3.05) is 13.1 Å². The minimum Gasteiger partial charge on any atom is -0.481 e. The molecule has 1 aromatic heterocycles. The van der Waals surface area contributed by atoms with Crippen LogP contribution in [0.4, 0.5) is 0 Å². The van der Waals surface area contributed by atoms with Crippen LogP contribution in [0.1, 0.15) is 37.8 Å². The van der Waals surface area contributed by atoms with Gasteiger partial charge in [-0.3, -0.25) is 14.7 Å².